The van der Waals surface area contributed by atoms with E-state index < -0.39 is 6.10 Å². The van der Waals surface area contributed by atoms with Crippen molar-refractivity contribution in [1.29, 1.82) is 0 Å². The summed E-state index contributed by atoms with van der Waals surface area (Å²) < 4.78 is 5.13. The third-order valence-corrected chi connectivity index (χ3v) is 3.81. The Hall–Kier alpha value is -1.49. The lowest BCUT2D eigenvalue weighted by Crippen LogP contribution is -2.34. The smallest absolute Gasteiger partial charge is 0.224 e. The molecule has 118 valence electrons. The second kappa shape index (κ2) is 7.68. The molecule has 0 spiro atoms. The predicted octanol–water partition coefficient (Wildman–Crippen LogP) is 3.76. The number of carbonyl (C=O) groups excluding carboxylic acids is 1. The summed E-state index contributed by atoms with van der Waals surface area (Å²) in [5.41, 5.74) is 0.711. The van der Waals surface area contributed by atoms with Crippen LogP contribution in [0.3, 0.4) is 0 Å². The average Bonchev–Trinajstić information content (AvgIpc) is 2.95. The molecule has 0 bridgehead atoms. The van der Waals surface area contributed by atoms with Gasteiger partial charge in [0, 0.05) is 22.5 Å². The number of aliphatic hydroxyl groups is 1. The van der Waals surface area contributed by atoms with Gasteiger partial charge in [0.1, 0.15) is 11.9 Å². The molecule has 2 aromatic rings. The summed E-state index contributed by atoms with van der Waals surface area (Å²) in [7, 11) is 0. The standard InChI is InChI=1S/C16H17Cl2NO3/c1-10(7-14(20)15-3-2-6-22-15)19-16(21)8-11-4-5-12(17)9-13(11)18/h2-6,9-10,14,20H,7-8H2,1H3,(H,19,21). The van der Waals surface area contributed by atoms with E-state index in [1.807, 2.05) is 6.92 Å². The van der Waals surface area contributed by atoms with Gasteiger partial charge in [-0.05, 0) is 36.8 Å². The number of rotatable bonds is 6. The molecule has 2 N–H and O–H groups in total. The zero-order valence-electron chi connectivity index (χ0n) is 12.1. The lowest BCUT2D eigenvalue weighted by atomic mass is 10.1. The molecule has 4 nitrogen and oxygen atoms in total. The summed E-state index contributed by atoms with van der Waals surface area (Å²) in [4.78, 5) is 12.0. The molecule has 1 heterocycles. The lowest BCUT2D eigenvalue weighted by Gasteiger charge is -2.17. The van der Waals surface area contributed by atoms with Crippen LogP contribution in [0.4, 0.5) is 0 Å². The van der Waals surface area contributed by atoms with E-state index in [1.165, 1.54) is 6.26 Å². The molecule has 1 aromatic carbocycles. The van der Waals surface area contributed by atoms with Crippen LogP contribution < -0.4 is 5.32 Å². The van der Waals surface area contributed by atoms with Crippen LogP contribution in [0, 0.1) is 0 Å². The largest absolute Gasteiger partial charge is 0.467 e. The Balaban J connectivity index is 1.86. The highest BCUT2D eigenvalue weighted by Crippen LogP contribution is 2.22. The van der Waals surface area contributed by atoms with E-state index in [9.17, 15) is 9.90 Å². The summed E-state index contributed by atoms with van der Waals surface area (Å²) >= 11 is 11.9. The Kier molecular flexibility index (Phi) is 5.89. The predicted molar refractivity (Wildman–Crippen MR) is 86.1 cm³/mol. The minimum Gasteiger partial charge on any atom is -0.467 e. The number of benzene rings is 1. The Bertz CT molecular complexity index is 628. The van der Waals surface area contributed by atoms with Crippen molar-refractivity contribution in [1.82, 2.24) is 5.32 Å². The van der Waals surface area contributed by atoms with Gasteiger partial charge in [0.2, 0.25) is 5.91 Å². The summed E-state index contributed by atoms with van der Waals surface area (Å²) in [6, 6.07) is 8.25. The topological polar surface area (TPSA) is 62.5 Å². The van der Waals surface area contributed by atoms with Gasteiger partial charge in [-0.2, -0.15) is 0 Å². The Morgan fingerprint density at radius 3 is 2.77 bits per heavy atom. The summed E-state index contributed by atoms with van der Waals surface area (Å²) in [6.45, 7) is 1.83. The number of amides is 1. The van der Waals surface area contributed by atoms with Gasteiger partial charge in [0.25, 0.3) is 0 Å². The molecule has 0 aliphatic heterocycles. The summed E-state index contributed by atoms with van der Waals surface area (Å²) in [5, 5.41) is 13.8. The van der Waals surface area contributed by atoms with Crippen molar-refractivity contribution < 1.29 is 14.3 Å². The van der Waals surface area contributed by atoms with Crippen molar-refractivity contribution >= 4 is 29.1 Å². The highest BCUT2D eigenvalue weighted by atomic mass is 35.5. The second-order valence-corrected chi connectivity index (χ2v) is 5.99. The van der Waals surface area contributed by atoms with Crippen LogP contribution in [0.5, 0.6) is 0 Å². The minimum atomic E-state index is -0.746. The number of halogens is 2. The third-order valence-electron chi connectivity index (χ3n) is 3.22. The SMILES string of the molecule is CC(CC(O)c1ccco1)NC(=O)Cc1ccc(Cl)cc1Cl. The molecular formula is C16H17Cl2NO3. The fourth-order valence-electron chi connectivity index (χ4n) is 2.15. The van der Waals surface area contributed by atoms with Crippen molar-refractivity contribution in [2.24, 2.45) is 0 Å². The highest BCUT2D eigenvalue weighted by Gasteiger charge is 2.17. The number of carbonyl (C=O) groups is 1. The first kappa shape index (κ1) is 16.9. The molecule has 0 aliphatic carbocycles. The molecular weight excluding hydrogens is 325 g/mol. The number of hydrogen-bond acceptors (Lipinski definition) is 3. The molecule has 2 atom stereocenters. The number of furan rings is 1. The van der Waals surface area contributed by atoms with Crippen LogP contribution in [-0.2, 0) is 11.2 Å². The van der Waals surface area contributed by atoms with E-state index in [0.29, 0.717) is 27.8 Å². The molecule has 0 saturated carbocycles. The highest BCUT2D eigenvalue weighted by molar-refractivity contribution is 6.35. The van der Waals surface area contributed by atoms with Crippen LogP contribution in [0.2, 0.25) is 10.0 Å². The van der Waals surface area contributed by atoms with Crippen molar-refractivity contribution in [3.8, 4) is 0 Å². The van der Waals surface area contributed by atoms with E-state index in [2.05, 4.69) is 5.32 Å². The van der Waals surface area contributed by atoms with Crippen molar-refractivity contribution in [2.75, 3.05) is 0 Å². The fraction of sp³-hybridized carbons (Fsp3) is 0.312. The first-order valence-electron chi connectivity index (χ1n) is 6.90. The van der Waals surface area contributed by atoms with Gasteiger partial charge in [0.15, 0.2) is 0 Å². The normalized spacial score (nSPS) is 13.6. The minimum absolute atomic E-state index is 0.164. The molecule has 1 aromatic heterocycles. The number of aliphatic hydroxyl groups excluding tert-OH is 1. The zero-order chi connectivity index (χ0) is 16.1. The van der Waals surface area contributed by atoms with Crippen molar-refractivity contribution in [3.05, 3.63) is 58.0 Å². The molecule has 2 rings (SSSR count). The number of nitrogens with one attached hydrogen (secondary N) is 1. The average molecular weight is 342 g/mol. The molecule has 0 fully saturated rings. The Labute approximate surface area is 139 Å². The maximum absolute atomic E-state index is 12.0. The molecule has 0 aliphatic rings. The quantitative estimate of drug-likeness (QED) is 0.840. The molecule has 2 unspecified atom stereocenters. The first-order chi connectivity index (χ1) is 10.5. The number of hydrogen-bond donors (Lipinski definition) is 2. The summed E-state index contributed by atoms with van der Waals surface area (Å²) in [5.74, 6) is 0.324. The summed E-state index contributed by atoms with van der Waals surface area (Å²) in [6.07, 6.45) is 1.29. The first-order valence-corrected chi connectivity index (χ1v) is 7.66. The lowest BCUT2D eigenvalue weighted by molar-refractivity contribution is -0.121. The van der Waals surface area contributed by atoms with Crippen molar-refractivity contribution in [2.45, 2.75) is 31.9 Å². The van der Waals surface area contributed by atoms with Crippen LogP contribution in [0.15, 0.2) is 41.0 Å². The van der Waals surface area contributed by atoms with Gasteiger partial charge in [-0.15, -0.1) is 0 Å². The van der Waals surface area contributed by atoms with Gasteiger partial charge >= 0.3 is 0 Å². The van der Waals surface area contributed by atoms with Gasteiger partial charge in [-0.1, -0.05) is 29.3 Å². The zero-order valence-corrected chi connectivity index (χ0v) is 13.6. The Morgan fingerprint density at radius 2 is 2.14 bits per heavy atom. The van der Waals surface area contributed by atoms with E-state index in [1.54, 1.807) is 30.3 Å². The molecule has 0 radical (unpaired) electrons. The molecule has 1 amide bonds. The molecule has 22 heavy (non-hydrogen) atoms. The maximum atomic E-state index is 12.0. The molecule has 0 saturated heterocycles. The van der Waals surface area contributed by atoms with Gasteiger partial charge < -0.3 is 14.8 Å². The van der Waals surface area contributed by atoms with Gasteiger partial charge in [0.05, 0.1) is 12.7 Å². The van der Waals surface area contributed by atoms with Gasteiger partial charge in [-0.3, -0.25) is 4.79 Å². The van der Waals surface area contributed by atoms with Crippen LogP contribution >= 0.6 is 23.2 Å². The second-order valence-electron chi connectivity index (χ2n) is 5.15. The van der Waals surface area contributed by atoms with Crippen LogP contribution in [0.25, 0.3) is 0 Å². The van der Waals surface area contributed by atoms with Crippen molar-refractivity contribution in [3.63, 3.8) is 0 Å². The van der Waals surface area contributed by atoms with E-state index in [0.717, 1.165) is 0 Å². The van der Waals surface area contributed by atoms with E-state index >= 15 is 0 Å². The monoisotopic (exact) mass is 341 g/mol. The Morgan fingerprint density at radius 1 is 1.36 bits per heavy atom. The van der Waals surface area contributed by atoms with Gasteiger partial charge in [-0.25, -0.2) is 0 Å². The fourth-order valence-corrected chi connectivity index (χ4v) is 2.63. The van der Waals surface area contributed by atoms with E-state index in [-0.39, 0.29) is 18.4 Å². The van der Waals surface area contributed by atoms with Crippen LogP contribution in [0.1, 0.15) is 30.8 Å². The maximum Gasteiger partial charge on any atom is 0.224 e. The van der Waals surface area contributed by atoms with Crippen LogP contribution in [-0.4, -0.2) is 17.1 Å². The van der Waals surface area contributed by atoms with E-state index in [4.69, 9.17) is 27.6 Å². The molecule has 6 heteroatoms. The third kappa shape index (κ3) is 4.77.